The summed E-state index contributed by atoms with van der Waals surface area (Å²) in [4.78, 5) is 11.3. The van der Waals surface area contributed by atoms with Crippen LogP contribution in [0.3, 0.4) is 0 Å². The van der Waals surface area contributed by atoms with Crippen LogP contribution in [0, 0.1) is 0 Å². The number of β-amino-alcohol motifs (C(OH)–C–C–N with tert-alkyl or cyclic N) is 1. The molecule has 1 atom stereocenters. The number of aliphatic hydroxyl groups is 1. The van der Waals surface area contributed by atoms with Crippen molar-refractivity contribution in [3.8, 4) is 0 Å². The molecule has 2 aromatic rings. The summed E-state index contributed by atoms with van der Waals surface area (Å²) < 4.78 is 31.4. The lowest BCUT2D eigenvalue weighted by molar-refractivity contribution is 0.108. The predicted octanol–water partition coefficient (Wildman–Crippen LogP) is 0.938. The Hall–Kier alpha value is -1.70. The molecule has 1 saturated heterocycles. The smallest absolute Gasteiger partial charge is 0.336 e. The van der Waals surface area contributed by atoms with Crippen LogP contribution in [-0.2, 0) is 10.0 Å². The van der Waals surface area contributed by atoms with E-state index in [9.17, 15) is 18.3 Å². The molecule has 21 heavy (non-hydrogen) atoms. The van der Waals surface area contributed by atoms with E-state index < -0.39 is 21.8 Å². The van der Waals surface area contributed by atoms with Gasteiger partial charge in [0.1, 0.15) is 5.58 Å². The lowest BCUT2D eigenvalue weighted by Crippen LogP contribution is -2.42. The summed E-state index contributed by atoms with van der Waals surface area (Å²) in [6.45, 7) is 0.519. The minimum absolute atomic E-state index is 0.115. The Morgan fingerprint density at radius 3 is 2.81 bits per heavy atom. The molecule has 0 unspecified atom stereocenters. The van der Waals surface area contributed by atoms with Crippen molar-refractivity contribution in [3.05, 3.63) is 40.8 Å². The van der Waals surface area contributed by atoms with Crippen molar-refractivity contribution in [2.24, 2.45) is 0 Å². The van der Waals surface area contributed by atoms with Crippen LogP contribution in [-0.4, -0.2) is 37.0 Å². The largest absolute Gasteiger partial charge is 0.423 e. The molecule has 0 amide bonds. The Morgan fingerprint density at radius 2 is 2.05 bits per heavy atom. The van der Waals surface area contributed by atoms with Crippen molar-refractivity contribution in [1.29, 1.82) is 0 Å². The quantitative estimate of drug-likeness (QED) is 0.834. The summed E-state index contributed by atoms with van der Waals surface area (Å²) in [6.07, 6.45) is 0.643. The molecule has 0 spiro atoms. The fraction of sp³-hybridized carbons (Fsp3) is 0.357. The van der Waals surface area contributed by atoms with Crippen LogP contribution >= 0.6 is 0 Å². The minimum atomic E-state index is -3.64. The molecular formula is C14H15NO5S. The first kappa shape index (κ1) is 14.2. The van der Waals surface area contributed by atoms with E-state index in [2.05, 4.69) is 0 Å². The third-order valence-electron chi connectivity index (χ3n) is 3.59. The first-order valence-corrected chi connectivity index (χ1v) is 8.13. The van der Waals surface area contributed by atoms with E-state index in [0.717, 1.165) is 0 Å². The number of sulfonamides is 1. The Balaban J connectivity index is 2.02. The number of benzene rings is 1. The molecule has 1 fully saturated rings. The Bertz CT molecular complexity index is 827. The van der Waals surface area contributed by atoms with Gasteiger partial charge in [0.2, 0.25) is 10.0 Å². The lowest BCUT2D eigenvalue weighted by Gasteiger charge is -2.29. The molecule has 0 aliphatic carbocycles. The molecule has 1 aliphatic rings. The molecule has 1 aromatic carbocycles. The summed E-state index contributed by atoms with van der Waals surface area (Å²) in [6, 6.07) is 7.16. The van der Waals surface area contributed by atoms with E-state index in [1.807, 2.05) is 0 Å². The maximum absolute atomic E-state index is 12.6. The van der Waals surface area contributed by atoms with E-state index in [0.29, 0.717) is 30.4 Å². The summed E-state index contributed by atoms with van der Waals surface area (Å²) in [5.41, 5.74) is -0.127. The Labute approximate surface area is 121 Å². The SMILES string of the molecule is O=c1ccc2cc(S(=O)(=O)N3CCC[C@H](O)C3)ccc2o1. The summed E-state index contributed by atoms with van der Waals surface area (Å²) >= 11 is 0. The van der Waals surface area contributed by atoms with Crippen LogP contribution in [0.15, 0.2) is 44.4 Å². The normalized spacial score (nSPS) is 20.7. The van der Waals surface area contributed by atoms with Crippen LogP contribution in [0.2, 0.25) is 0 Å². The van der Waals surface area contributed by atoms with Gasteiger partial charge in [-0.25, -0.2) is 13.2 Å². The topological polar surface area (TPSA) is 87.8 Å². The number of piperidine rings is 1. The molecule has 6 nitrogen and oxygen atoms in total. The second-order valence-electron chi connectivity index (χ2n) is 5.11. The van der Waals surface area contributed by atoms with Crippen molar-refractivity contribution in [2.45, 2.75) is 23.8 Å². The maximum Gasteiger partial charge on any atom is 0.336 e. The zero-order valence-corrected chi connectivity index (χ0v) is 12.0. The maximum atomic E-state index is 12.6. The molecule has 7 heteroatoms. The van der Waals surface area contributed by atoms with E-state index in [1.165, 1.54) is 34.6 Å². The van der Waals surface area contributed by atoms with E-state index in [4.69, 9.17) is 4.42 Å². The van der Waals surface area contributed by atoms with Gasteiger partial charge in [-0.2, -0.15) is 4.31 Å². The van der Waals surface area contributed by atoms with Crippen molar-refractivity contribution >= 4 is 21.0 Å². The van der Waals surface area contributed by atoms with Gasteiger partial charge in [-0.1, -0.05) is 0 Å². The van der Waals surface area contributed by atoms with Gasteiger partial charge in [-0.05, 0) is 37.1 Å². The van der Waals surface area contributed by atoms with Crippen molar-refractivity contribution in [1.82, 2.24) is 4.31 Å². The van der Waals surface area contributed by atoms with Crippen LogP contribution in [0.4, 0.5) is 0 Å². The lowest BCUT2D eigenvalue weighted by atomic mass is 10.1. The monoisotopic (exact) mass is 309 g/mol. The van der Waals surface area contributed by atoms with E-state index in [-0.39, 0.29) is 11.4 Å². The van der Waals surface area contributed by atoms with Crippen LogP contribution in [0.25, 0.3) is 11.0 Å². The van der Waals surface area contributed by atoms with E-state index >= 15 is 0 Å². The molecule has 0 saturated carbocycles. The highest BCUT2D eigenvalue weighted by Crippen LogP contribution is 2.23. The molecule has 0 radical (unpaired) electrons. The van der Waals surface area contributed by atoms with Gasteiger partial charge in [0.05, 0.1) is 11.0 Å². The number of hydrogen-bond donors (Lipinski definition) is 1. The van der Waals surface area contributed by atoms with Gasteiger partial charge in [-0.3, -0.25) is 0 Å². The number of fused-ring (bicyclic) bond motifs is 1. The van der Waals surface area contributed by atoms with Gasteiger partial charge >= 0.3 is 5.63 Å². The zero-order chi connectivity index (χ0) is 15.0. The molecule has 3 rings (SSSR count). The predicted molar refractivity (Wildman–Crippen MR) is 76.5 cm³/mol. The third-order valence-corrected chi connectivity index (χ3v) is 5.45. The highest BCUT2D eigenvalue weighted by Gasteiger charge is 2.29. The van der Waals surface area contributed by atoms with Gasteiger partial charge in [0, 0.05) is 24.5 Å². The highest BCUT2D eigenvalue weighted by atomic mass is 32.2. The van der Waals surface area contributed by atoms with Gasteiger partial charge in [-0.15, -0.1) is 0 Å². The average molecular weight is 309 g/mol. The van der Waals surface area contributed by atoms with Gasteiger partial charge in [0.25, 0.3) is 0 Å². The summed E-state index contributed by atoms with van der Waals surface area (Å²) in [5.74, 6) is 0. The molecule has 1 N–H and O–H groups in total. The van der Waals surface area contributed by atoms with Crippen LogP contribution < -0.4 is 5.63 Å². The van der Waals surface area contributed by atoms with Crippen LogP contribution in [0.1, 0.15) is 12.8 Å². The van der Waals surface area contributed by atoms with Gasteiger partial charge in [0.15, 0.2) is 0 Å². The van der Waals surface area contributed by atoms with Crippen molar-refractivity contribution in [3.63, 3.8) is 0 Å². The van der Waals surface area contributed by atoms with Gasteiger partial charge < -0.3 is 9.52 Å². The van der Waals surface area contributed by atoms with Crippen molar-refractivity contribution in [2.75, 3.05) is 13.1 Å². The van der Waals surface area contributed by atoms with Crippen LogP contribution in [0.5, 0.6) is 0 Å². The summed E-state index contributed by atoms with van der Waals surface area (Å²) in [7, 11) is -3.64. The highest BCUT2D eigenvalue weighted by molar-refractivity contribution is 7.89. The standard InChI is InChI=1S/C14H15NO5S/c16-11-2-1-7-15(9-11)21(18,19)12-4-5-13-10(8-12)3-6-14(17)20-13/h3-6,8,11,16H,1-2,7,9H2/t11-/m0/s1. The number of rotatable bonds is 2. The zero-order valence-electron chi connectivity index (χ0n) is 11.2. The summed E-state index contributed by atoms with van der Waals surface area (Å²) in [5, 5.41) is 10.2. The molecule has 1 aliphatic heterocycles. The molecule has 2 heterocycles. The number of nitrogens with zero attached hydrogens (tertiary/aromatic N) is 1. The Kier molecular flexibility index (Phi) is 3.56. The van der Waals surface area contributed by atoms with E-state index in [1.54, 1.807) is 0 Å². The fourth-order valence-corrected chi connectivity index (χ4v) is 4.05. The second-order valence-corrected chi connectivity index (χ2v) is 7.05. The second kappa shape index (κ2) is 5.25. The third kappa shape index (κ3) is 2.72. The Morgan fingerprint density at radius 1 is 1.24 bits per heavy atom. The molecule has 1 aromatic heterocycles. The average Bonchev–Trinajstić information content (AvgIpc) is 2.46. The van der Waals surface area contributed by atoms with Crippen molar-refractivity contribution < 1.29 is 17.9 Å². The number of aliphatic hydroxyl groups excluding tert-OH is 1. The molecule has 0 bridgehead atoms. The fourth-order valence-electron chi connectivity index (χ4n) is 2.50. The molecule has 112 valence electrons. The minimum Gasteiger partial charge on any atom is -0.423 e. The first-order chi connectivity index (χ1) is 9.96. The number of hydrogen-bond acceptors (Lipinski definition) is 5. The first-order valence-electron chi connectivity index (χ1n) is 6.69. The molecular weight excluding hydrogens is 294 g/mol.